The molecule has 0 aliphatic carbocycles. The average Bonchev–Trinajstić information content (AvgIpc) is 3.17. The zero-order chi connectivity index (χ0) is 23.4. The topological polar surface area (TPSA) is 88.2 Å². The van der Waals surface area contributed by atoms with Gasteiger partial charge in [-0.15, -0.1) is 0 Å². The molecule has 3 rings (SSSR count). The molecule has 2 heterocycles. The number of benzene rings is 1. The molecule has 1 aromatic rings. The van der Waals surface area contributed by atoms with Crippen molar-refractivity contribution in [1.82, 2.24) is 14.5 Å². The first-order valence-electron chi connectivity index (χ1n) is 11.0. The third-order valence-corrected chi connectivity index (χ3v) is 8.61. The number of carbonyl (C=O) groups excluding carboxylic acids is 1. The molecule has 0 aromatic heterocycles. The first kappa shape index (κ1) is 24.7. The number of ether oxygens (including phenoxy) is 2. The number of thiocarbonyl (C=S) groups is 1. The van der Waals surface area contributed by atoms with Crippen molar-refractivity contribution in [1.29, 1.82) is 0 Å². The predicted molar refractivity (Wildman–Crippen MR) is 126 cm³/mol. The average molecular weight is 484 g/mol. The monoisotopic (exact) mass is 483 g/mol. The van der Waals surface area contributed by atoms with Crippen LogP contribution >= 0.6 is 12.2 Å². The highest BCUT2D eigenvalue weighted by molar-refractivity contribution is 7.89. The Morgan fingerprint density at radius 2 is 1.94 bits per heavy atom. The Hall–Kier alpha value is -1.91. The Labute approximate surface area is 196 Å². The maximum absolute atomic E-state index is 13.1. The summed E-state index contributed by atoms with van der Waals surface area (Å²) in [6.45, 7) is 6.70. The second-order valence-corrected chi connectivity index (χ2v) is 10.9. The van der Waals surface area contributed by atoms with E-state index in [1.807, 2.05) is 6.92 Å². The van der Waals surface area contributed by atoms with E-state index in [0.717, 1.165) is 32.4 Å². The molecule has 10 heteroatoms. The van der Waals surface area contributed by atoms with E-state index in [-0.39, 0.29) is 28.7 Å². The van der Waals surface area contributed by atoms with Gasteiger partial charge in [-0.1, -0.05) is 6.07 Å². The Balaban J connectivity index is 1.54. The smallest absolute Gasteiger partial charge is 0.307 e. The molecule has 1 N–H and O–H groups in total. The number of hydrogen-bond acceptors (Lipinski definition) is 6. The molecule has 1 spiro atoms. The van der Waals surface area contributed by atoms with Crippen molar-refractivity contribution < 1.29 is 22.7 Å². The number of rotatable bonds is 7. The van der Waals surface area contributed by atoms with Gasteiger partial charge >= 0.3 is 5.97 Å². The molecule has 8 nitrogen and oxygen atoms in total. The van der Waals surface area contributed by atoms with Crippen LogP contribution in [-0.2, 0) is 19.6 Å². The summed E-state index contributed by atoms with van der Waals surface area (Å²) in [6, 6.07) is 6.51. The molecule has 2 aliphatic heterocycles. The molecule has 0 bridgehead atoms. The second kappa shape index (κ2) is 10.4. The van der Waals surface area contributed by atoms with Crippen LogP contribution in [0.5, 0.6) is 5.75 Å². The van der Waals surface area contributed by atoms with Crippen molar-refractivity contribution in [2.45, 2.75) is 50.5 Å². The van der Waals surface area contributed by atoms with Crippen LogP contribution in [-0.4, -0.2) is 74.6 Å². The van der Waals surface area contributed by atoms with Gasteiger partial charge in [-0.05, 0) is 62.9 Å². The lowest BCUT2D eigenvalue weighted by atomic mass is 9.78. The fraction of sp³-hybridized carbons (Fsp3) is 0.636. The second-order valence-electron chi connectivity index (χ2n) is 8.61. The summed E-state index contributed by atoms with van der Waals surface area (Å²) in [5, 5.41) is 3.88. The van der Waals surface area contributed by atoms with Crippen molar-refractivity contribution in [2.24, 2.45) is 5.41 Å². The standard InChI is InChI=1S/C22H33N3O5S2/c1-4-30-20(26)14-17(2)23-21(31)24-11-8-22(16-24)9-12-25(13-10-22)32(27,28)19-7-5-6-18(15-19)29-3/h5-7,15,17H,4,8-14,16H2,1-3H3,(H,23,31). The number of piperidine rings is 1. The Kier molecular flexibility index (Phi) is 8.00. The molecule has 0 radical (unpaired) electrons. The molecule has 0 saturated carbocycles. The Morgan fingerprint density at radius 3 is 2.59 bits per heavy atom. The minimum Gasteiger partial charge on any atom is -0.497 e. The molecule has 1 unspecified atom stereocenters. The van der Waals surface area contributed by atoms with E-state index >= 15 is 0 Å². The quantitative estimate of drug-likeness (QED) is 0.467. The number of sulfonamides is 1. The Bertz CT molecular complexity index is 929. The number of methoxy groups -OCH3 is 1. The van der Waals surface area contributed by atoms with Gasteiger partial charge < -0.3 is 19.7 Å². The lowest BCUT2D eigenvalue weighted by Crippen LogP contribution is -2.47. The zero-order valence-corrected chi connectivity index (χ0v) is 20.6. The van der Waals surface area contributed by atoms with E-state index in [1.165, 1.54) is 7.11 Å². The van der Waals surface area contributed by atoms with Crippen LogP contribution in [0.4, 0.5) is 0 Å². The van der Waals surface area contributed by atoms with Crippen LogP contribution in [0.25, 0.3) is 0 Å². The van der Waals surface area contributed by atoms with Crippen molar-refractivity contribution in [3.63, 3.8) is 0 Å². The third kappa shape index (κ3) is 5.71. The van der Waals surface area contributed by atoms with Gasteiger partial charge in [0.25, 0.3) is 0 Å². The van der Waals surface area contributed by atoms with Crippen molar-refractivity contribution >= 4 is 33.3 Å². The molecular formula is C22H33N3O5S2. The summed E-state index contributed by atoms with van der Waals surface area (Å²) in [5.41, 5.74) is 0.0660. The maximum Gasteiger partial charge on any atom is 0.307 e. The van der Waals surface area contributed by atoms with Gasteiger partial charge in [0, 0.05) is 38.3 Å². The van der Waals surface area contributed by atoms with E-state index in [1.54, 1.807) is 35.5 Å². The molecule has 1 atom stereocenters. The molecule has 2 fully saturated rings. The summed E-state index contributed by atoms with van der Waals surface area (Å²) in [6.07, 6.45) is 2.85. The fourth-order valence-electron chi connectivity index (χ4n) is 4.45. The normalized spacial score (nSPS) is 19.5. The van der Waals surface area contributed by atoms with Gasteiger partial charge in [-0.2, -0.15) is 4.31 Å². The third-order valence-electron chi connectivity index (χ3n) is 6.34. The summed E-state index contributed by atoms with van der Waals surface area (Å²) >= 11 is 5.57. The zero-order valence-electron chi connectivity index (χ0n) is 19.0. The SMILES string of the molecule is CCOC(=O)CC(C)NC(=S)N1CCC2(CCN(S(=O)(=O)c3cccc(OC)c3)CC2)C1. The largest absolute Gasteiger partial charge is 0.497 e. The minimum atomic E-state index is -3.55. The number of nitrogens with one attached hydrogen (secondary N) is 1. The molecule has 178 valence electrons. The van der Waals surface area contributed by atoms with Gasteiger partial charge in [0.05, 0.1) is 25.0 Å². The summed E-state index contributed by atoms with van der Waals surface area (Å²) in [7, 11) is -2.02. The highest BCUT2D eigenvalue weighted by Gasteiger charge is 2.43. The predicted octanol–water partition coefficient (Wildman–Crippen LogP) is 2.39. The molecule has 32 heavy (non-hydrogen) atoms. The van der Waals surface area contributed by atoms with E-state index in [2.05, 4.69) is 10.2 Å². The molecule has 0 amide bonds. The van der Waals surface area contributed by atoms with Crippen LogP contribution in [0.3, 0.4) is 0 Å². The van der Waals surface area contributed by atoms with Gasteiger partial charge in [-0.25, -0.2) is 8.42 Å². The van der Waals surface area contributed by atoms with Crippen LogP contribution < -0.4 is 10.1 Å². The minimum absolute atomic E-state index is 0.0660. The lowest BCUT2D eigenvalue weighted by molar-refractivity contribution is -0.143. The maximum atomic E-state index is 13.1. The molecule has 2 saturated heterocycles. The molecule has 1 aromatic carbocycles. The van der Waals surface area contributed by atoms with Gasteiger partial charge in [0.1, 0.15) is 5.75 Å². The Morgan fingerprint density at radius 1 is 1.25 bits per heavy atom. The van der Waals surface area contributed by atoms with Crippen molar-refractivity contribution in [3.8, 4) is 5.75 Å². The van der Waals surface area contributed by atoms with Gasteiger partial charge in [-0.3, -0.25) is 4.79 Å². The van der Waals surface area contributed by atoms with Crippen LogP contribution in [0, 0.1) is 5.41 Å². The highest BCUT2D eigenvalue weighted by Crippen LogP contribution is 2.41. The van der Waals surface area contributed by atoms with E-state index in [9.17, 15) is 13.2 Å². The lowest BCUT2D eigenvalue weighted by Gasteiger charge is -2.38. The number of nitrogens with zero attached hydrogens (tertiary/aromatic N) is 2. The number of carbonyl (C=O) groups is 1. The van der Waals surface area contributed by atoms with Gasteiger partial charge in [0.2, 0.25) is 10.0 Å². The van der Waals surface area contributed by atoms with E-state index in [0.29, 0.717) is 30.6 Å². The van der Waals surface area contributed by atoms with Crippen LogP contribution in [0.1, 0.15) is 39.5 Å². The highest BCUT2D eigenvalue weighted by atomic mass is 32.2. The van der Waals surface area contributed by atoms with Crippen LogP contribution in [0.15, 0.2) is 29.2 Å². The summed E-state index contributed by atoms with van der Waals surface area (Å²) < 4.78 is 37.9. The first-order valence-corrected chi connectivity index (χ1v) is 12.9. The molecular weight excluding hydrogens is 450 g/mol. The van der Waals surface area contributed by atoms with E-state index in [4.69, 9.17) is 21.7 Å². The first-order chi connectivity index (χ1) is 15.2. The number of esters is 1. The van der Waals surface area contributed by atoms with Crippen molar-refractivity contribution in [3.05, 3.63) is 24.3 Å². The summed E-state index contributed by atoms with van der Waals surface area (Å²) in [5.74, 6) is 0.294. The fourth-order valence-corrected chi connectivity index (χ4v) is 6.29. The van der Waals surface area contributed by atoms with Gasteiger partial charge in [0.15, 0.2) is 5.11 Å². The summed E-state index contributed by atoms with van der Waals surface area (Å²) in [4.78, 5) is 14.1. The van der Waals surface area contributed by atoms with E-state index < -0.39 is 10.0 Å². The van der Waals surface area contributed by atoms with Crippen molar-refractivity contribution in [2.75, 3.05) is 39.9 Å². The molecule has 2 aliphatic rings. The number of likely N-dealkylation sites (tertiary alicyclic amines) is 1. The van der Waals surface area contributed by atoms with Crippen LogP contribution in [0.2, 0.25) is 0 Å². The number of hydrogen-bond donors (Lipinski definition) is 1.